The normalized spacial score (nSPS) is 18.3. The van der Waals surface area contributed by atoms with Gasteiger partial charge >= 0.3 is 0 Å². The van der Waals surface area contributed by atoms with Crippen molar-refractivity contribution in [2.75, 3.05) is 6.54 Å². The number of hydrogen-bond acceptors (Lipinski definition) is 4. The molecule has 1 aromatic rings. The van der Waals surface area contributed by atoms with E-state index in [4.69, 9.17) is 0 Å². The second-order valence-corrected chi connectivity index (χ2v) is 4.45. The van der Waals surface area contributed by atoms with E-state index in [1.165, 1.54) is 6.20 Å². The Hall–Kier alpha value is -1.49. The highest BCUT2D eigenvalue weighted by Crippen LogP contribution is 2.29. The van der Waals surface area contributed by atoms with Crippen LogP contribution < -0.4 is 5.32 Å². The first-order valence-electron chi connectivity index (χ1n) is 4.85. The lowest BCUT2D eigenvalue weighted by atomic mass is 9.83. The first kappa shape index (κ1) is 10.0. The summed E-state index contributed by atoms with van der Waals surface area (Å²) in [6.45, 7) is 5.67. The van der Waals surface area contributed by atoms with E-state index in [9.17, 15) is 10.1 Å². The van der Waals surface area contributed by atoms with Crippen molar-refractivity contribution < 1.29 is 4.92 Å². The van der Waals surface area contributed by atoms with Crippen molar-refractivity contribution in [2.45, 2.75) is 25.8 Å². The van der Waals surface area contributed by atoms with Gasteiger partial charge in [-0.3, -0.25) is 15.1 Å². The van der Waals surface area contributed by atoms with Crippen molar-refractivity contribution in [2.24, 2.45) is 0 Å². The highest BCUT2D eigenvalue weighted by Gasteiger charge is 2.29. The summed E-state index contributed by atoms with van der Waals surface area (Å²) < 4.78 is 0. The van der Waals surface area contributed by atoms with Crippen molar-refractivity contribution in [3.63, 3.8) is 0 Å². The number of fused-ring (bicyclic) bond motifs is 1. The van der Waals surface area contributed by atoms with Crippen LogP contribution in [0.3, 0.4) is 0 Å². The Kier molecular flexibility index (Phi) is 2.19. The standard InChI is InChI=1S/C10H13N3O2/c1-10(2)6-11-4-7-3-8(13(14)15)5-12-9(7)10/h3,5,11H,4,6H2,1-2H3. The fourth-order valence-corrected chi connectivity index (χ4v) is 1.94. The number of nitrogens with one attached hydrogen (secondary N) is 1. The summed E-state index contributed by atoms with van der Waals surface area (Å²) in [6.07, 6.45) is 1.34. The minimum absolute atomic E-state index is 0.0529. The molecule has 15 heavy (non-hydrogen) atoms. The predicted molar refractivity (Wildman–Crippen MR) is 55.6 cm³/mol. The van der Waals surface area contributed by atoms with Gasteiger partial charge in [0.05, 0.1) is 10.6 Å². The Bertz CT molecular complexity index is 415. The molecule has 1 aromatic heterocycles. The molecule has 0 aromatic carbocycles. The molecule has 0 fully saturated rings. The van der Waals surface area contributed by atoms with E-state index >= 15 is 0 Å². The zero-order valence-electron chi connectivity index (χ0n) is 8.78. The van der Waals surface area contributed by atoms with Crippen LogP contribution in [0.4, 0.5) is 5.69 Å². The average molecular weight is 207 g/mol. The van der Waals surface area contributed by atoms with E-state index in [-0.39, 0.29) is 11.1 Å². The van der Waals surface area contributed by atoms with Crippen molar-refractivity contribution >= 4 is 5.69 Å². The molecule has 1 N–H and O–H groups in total. The van der Waals surface area contributed by atoms with Crippen LogP contribution in [0, 0.1) is 10.1 Å². The molecule has 80 valence electrons. The number of hydrogen-bond donors (Lipinski definition) is 1. The van der Waals surface area contributed by atoms with Crippen molar-refractivity contribution in [3.8, 4) is 0 Å². The zero-order valence-corrected chi connectivity index (χ0v) is 8.78. The molecule has 0 unspecified atom stereocenters. The van der Waals surface area contributed by atoms with Gasteiger partial charge in [0, 0.05) is 24.6 Å². The van der Waals surface area contributed by atoms with Crippen molar-refractivity contribution in [1.82, 2.24) is 10.3 Å². The molecule has 0 saturated heterocycles. The van der Waals surface area contributed by atoms with Gasteiger partial charge in [0.25, 0.3) is 5.69 Å². The third kappa shape index (κ3) is 1.70. The maximum Gasteiger partial charge on any atom is 0.287 e. The van der Waals surface area contributed by atoms with Crippen LogP contribution in [-0.4, -0.2) is 16.5 Å². The lowest BCUT2D eigenvalue weighted by molar-refractivity contribution is -0.385. The SMILES string of the molecule is CC1(C)CNCc2cc([N+](=O)[O-])cnc21. The largest absolute Gasteiger partial charge is 0.312 e. The van der Waals surface area contributed by atoms with Crippen molar-refractivity contribution in [1.29, 1.82) is 0 Å². The third-order valence-corrected chi connectivity index (χ3v) is 2.69. The number of nitrogens with zero attached hydrogens (tertiary/aromatic N) is 2. The summed E-state index contributed by atoms with van der Waals surface area (Å²) in [5.74, 6) is 0. The lowest BCUT2D eigenvalue weighted by Gasteiger charge is -2.31. The van der Waals surface area contributed by atoms with Gasteiger partial charge in [-0.2, -0.15) is 0 Å². The quantitative estimate of drug-likeness (QED) is 0.558. The van der Waals surface area contributed by atoms with E-state index < -0.39 is 4.92 Å². The summed E-state index contributed by atoms with van der Waals surface area (Å²) in [5.41, 5.74) is 1.91. The van der Waals surface area contributed by atoms with Gasteiger partial charge in [-0.1, -0.05) is 13.8 Å². The molecule has 0 atom stereocenters. The fourth-order valence-electron chi connectivity index (χ4n) is 1.94. The summed E-state index contributed by atoms with van der Waals surface area (Å²) in [4.78, 5) is 14.4. The van der Waals surface area contributed by atoms with E-state index in [0.717, 1.165) is 17.8 Å². The van der Waals surface area contributed by atoms with E-state index in [0.29, 0.717) is 6.54 Å². The Labute approximate surface area is 87.7 Å². The number of rotatable bonds is 1. The fraction of sp³-hybridized carbons (Fsp3) is 0.500. The van der Waals surface area contributed by atoms with Gasteiger partial charge in [0.15, 0.2) is 0 Å². The highest BCUT2D eigenvalue weighted by atomic mass is 16.6. The van der Waals surface area contributed by atoms with Gasteiger partial charge < -0.3 is 5.32 Å². The minimum Gasteiger partial charge on any atom is -0.312 e. The average Bonchev–Trinajstić information content (AvgIpc) is 2.16. The Morgan fingerprint density at radius 1 is 1.60 bits per heavy atom. The lowest BCUT2D eigenvalue weighted by Crippen LogP contribution is -2.39. The molecule has 2 heterocycles. The van der Waals surface area contributed by atoms with Crippen molar-refractivity contribution in [3.05, 3.63) is 33.6 Å². The molecule has 1 aliphatic rings. The van der Waals surface area contributed by atoms with Gasteiger partial charge in [-0.25, -0.2) is 0 Å². The summed E-state index contributed by atoms with van der Waals surface area (Å²) >= 11 is 0. The maximum atomic E-state index is 10.6. The van der Waals surface area contributed by atoms with Crippen LogP contribution in [0.15, 0.2) is 12.3 Å². The molecular formula is C10H13N3O2. The highest BCUT2D eigenvalue weighted by molar-refractivity contribution is 5.38. The summed E-state index contributed by atoms with van der Waals surface area (Å²) in [5, 5.41) is 13.8. The van der Waals surface area contributed by atoms with Gasteiger partial charge in [0.1, 0.15) is 6.20 Å². The first-order chi connectivity index (χ1) is 7.00. The minimum atomic E-state index is -0.408. The second kappa shape index (κ2) is 3.27. The van der Waals surface area contributed by atoms with Crippen LogP contribution in [0.5, 0.6) is 0 Å². The Morgan fingerprint density at radius 3 is 3.00 bits per heavy atom. The Balaban J connectivity index is 2.50. The molecule has 5 heteroatoms. The molecule has 0 amide bonds. The number of aromatic nitrogens is 1. The molecule has 0 radical (unpaired) electrons. The number of nitro groups is 1. The smallest absolute Gasteiger partial charge is 0.287 e. The molecule has 2 rings (SSSR count). The summed E-state index contributed by atoms with van der Waals surface area (Å²) in [7, 11) is 0. The maximum absolute atomic E-state index is 10.6. The van der Waals surface area contributed by atoms with Gasteiger partial charge in [-0.05, 0) is 5.56 Å². The first-order valence-corrected chi connectivity index (χ1v) is 4.85. The van der Waals surface area contributed by atoms with Crippen LogP contribution in [-0.2, 0) is 12.0 Å². The topological polar surface area (TPSA) is 68.1 Å². The van der Waals surface area contributed by atoms with Crippen LogP contribution in [0.1, 0.15) is 25.1 Å². The van der Waals surface area contributed by atoms with Gasteiger partial charge in [0.2, 0.25) is 0 Å². The number of pyridine rings is 1. The Morgan fingerprint density at radius 2 is 2.33 bits per heavy atom. The third-order valence-electron chi connectivity index (χ3n) is 2.69. The molecule has 5 nitrogen and oxygen atoms in total. The van der Waals surface area contributed by atoms with E-state index in [1.54, 1.807) is 6.07 Å². The second-order valence-electron chi connectivity index (χ2n) is 4.45. The van der Waals surface area contributed by atoms with Gasteiger partial charge in [-0.15, -0.1) is 0 Å². The molecule has 0 bridgehead atoms. The zero-order chi connectivity index (χ0) is 11.1. The monoisotopic (exact) mass is 207 g/mol. The molecule has 0 spiro atoms. The molecule has 0 aliphatic carbocycles. The van der Waals surface area contributed by atoms with E-state index in [2.05, 4.69) is 24.1 Å². The van der Waals surface area contributed by atoms with Crippen LogP contribution >= 0.6 is 0 Å². The summed E-state index contributed by atoms with van der Waals surface area (Å²) in [6, 6.07) is 1.61. The van der Waals surface area contributed by atoms with E-state index in [1.807, 2.05) is 0 Å². The molecular weight excluding hydrogens is 194 g/mol. The predicted octanol–water partition coefficient (Wildman–Crippen LogP) is 1.37. The van der Waals surface area contributed by atoms with Crippen LogP contribution in [0.2, 0.25) is 0 Å². The molecule has 1 aliphatic heterocycles. The molecule has 0 saturated carbocycles. The van der Waals surface area contributed by atoms with Crippen LogP contribution in [0.25, 0.3) is 0 Å².